The molecule has 0 aromatic heterocycles. The molecule has 0 unspecified atom stereocenters. The van der Waals surface area contributed by atoms with E-state index < -0.39 is 5.60 Å². The molecule has 3 aromatic carbocycles. The van der Waals surface area contributed by atoms with E-state index in [0.717, 1.165) is 20.8 Å². The Kier molecular flexibility index (Phi) is 3.84. The van der Waals surface area contributed by atoms with Gasteiger partial charge in [0.1, 0.15) is 0 Å². The normalized spacial score (nSPS) is 21.5. The van der Waals surface area contributed by atoms with E-state index in [1.807, 2.05) is 60.7 Å². The first-order chi connectivity index (χ1) is 13.6. The van der Waals surface area contributed by atoms with Gasteiger partial charge in [-0.05, 0) is 40.6 Å². The monoisotopic (exact) mass is 434 g/mol. The summed E-state index contributed by atoms with van der Waals surface area (Å²) in [6, 6.07) is 21.0. The van der Waals surface area contributed by atoms with Gasteiger partial charge in [0.25, 0.3) is 5.91 Å². The number of imide groups is 1. The highest BCUT2D eigenvalue weighted by atomic mass is 79.9. The Hall–Kier alpha value is -2.99. The zero-order valence-electron chi connectivity index (χ0n) is 14.8. The first kappa shape index (κ1) is 17.1. The molecule has 1 atom stereocenters. The molecule has 138 valence electrons. The topological polar surface area (TPSA) is 59.0 Å². The van der Waals surface area contributed by atoms with Crippen LogP contribution in [0.5, 0.6) is 0 Å². The van der Waals surface area contributed by atoms with Gasteiger partial charge in [-0.15, -0.1) is 0 Å². The minimum atomic E-state index is -1.24. The van der Waals surface area contributed by atoms with Crippen molar-refractivity contribution in [3.05, 3.63) is 76.8 Å². The SMILES string of the molecule is O=C1C[C@@]2(CC(c3ccc(Br)cc3)=NO2)C(=O)N1c1ccc2ccccc2c1. The summed E-state index contributed by atoms with van der Waals surface area (Å²) >= 11 is 3.41. The third kappa shape index (κ3) is 2.64. The molecule has 5 rings (SSSR count). The molecule has 6 heteroatoms. The minimum Gasteiger partial charge on any atom is -0.378 e. The number of amides is 2. The largest absolute Gasteiger partial charge is 0.378 e. The lowest BCUT2D eigenvalue weighted by molar-refractivity contribution is -0.136. The number of carbonyl (C=O) groups excluding carboxylic acids is 2. The van der Waals surface area contributed by atoms with Crippen LogP contribution in [0.2, 0.25) is 0 Å². The number of hydrogen-bond donors (Lipinski definition) is 0. The molecule has 0 radical (unpaired) electrons. The number of benzene rings is 3. The van der Waals surface area contributed by atoms with Gasteiger partial charge in [0.05, 0.1) is 17.8 Å². The number of rotatable bonds is 2. The number of hydrogen-bond acceptors (Lipinski definition) is 4. The Morgan fingerprint density at radius 1 is 0.929 bits per heavy atom. The second kappa shape index (κ2) is 6.27. The average Bonchev–Trinajstić information content (AvgIpc) is 3.23. The fourth-order valence-corrected chi connectivity index (χ4v) is 4.04. The third-order valence-corrected chi connectivity index (χ3v) is 5.76. The smallest absolute Gasteiger partial charge is 0.281 e. The molecule has 5 nitrogen and oxygen atoms in total. The summed E-state index contributed by atoms with van der Waals surface area (Å²) in [4.78, 5) is 32.8. The van der Waals surface area contributed by atoms with Gasteiger partial charge < -0.3 is 4.84 Å². The maximum Gasteiger partial charge on any atom is 0.281 e. The van der Waals surface area contributed by atoms with Crippen LogP contribution in [0, 0.1) is 0 Å². The number of anilines is 1. The van der Waals surface area contributed by atoms with E-state index in [0.29, 0.717) is 11.4 Å². The zero-order chi connectivity index (χ0) is 19.3. The van der Waals surface area contributed by atoms with Crippen LogP contribution < -0.4 is 4.90 Å². The number of nitrogens with zero attached hydrogens (tertiary/aromatic N) is 2. The van der Waals surface area contributed by atoms with E-state index in [4.69, 9.17) is 4.84 Å². The third-order valence-electron chi connectivity index (χ3n) is 5.23. The highest BCUT2D eigenvalue weighted by Gasteiger charge is 2.58. The Balaban J connectivity index is 1.45. The molecular formula is C22H15BrN2O3. The summed E-state index contributed by atoms with van der Waals surface area (Å²) in [5, 5.41) is 6.16. The number of carbonyl (C=O) groups is 2. The van der Waals surface area contributed by atoms with Crippen LogP contribution in [0.15, 0.2) is 76.4 Å². The quantitative estimate of drug-likeness (QED) is 0.560. The molecule has 2 amide bonds. The van der Waals surface area contributed by atoms with E-state index in [1.54, 1.807) is 6.07 Å². The molecule has 28 heavy (non-hydrogen) atoms. The molecule has 1 saturated heterocycles. The number of halogens is 1. The second-order valence-electron chi connectivity index (χ2n) is 7.05. The van der Waals surface area contributed by atoms with E-state index >= 15 is 0 Å². The van der Waals surface area contributed by atoms with Crippen LogP contribution in [-0.4, -0.2) is 23.1 Å². The first-order valence-electron chi connectivity index (χ1n) is 8.93. The molecule has 2 heterocycles. The molecule has 2 aliphatic heterocycles. The summed E-state index contributed by atoms with van der Waals surface area (Å²) in [7, 11) is 0. The first-order valence-corrected chi connectivity index (χ1v) is 9.72. The summed E-state index contributed by atoms with van der Waals surface area (Å²) in [6.07, 6.45) is 0.269. The predicted octanol–water partition coefficient (Wildman–Crippen LogP) is 4.43. The van der Waals surface area contributed by atoms with Crippen LogP contribution >= 0.6 is 15.9 Å². The van der Waals surface area contributed by atoms with Crippen LogP contribution in [0.1, 0.15) is 18.4 Å². The van der Waals surface area contributed by atoms with Crippen molar-refractivity contribution in [2.45, 2.75) is 18.4 Å². The average molecular weight is 435 g/mol. The zero-order valence-corrected chi connectivity index (χ0v) is 16.3. The molecular weight excluding hydrogens is 420 g/mol. The summed E-state index contributed by atoms with van der Waals surface area (Å²) in [6.45, 7) is 0. The highest BCUT2D eigenvalue weighted by Crippen LogP contribution is 2.39. The van der Waals surface area contributed by atoms with Gasteiger partial charge in [-0.25, -0.2) is 4.90 Å². The molecule has 3 aromatic rings. The van der Waals surface area contributed by atoms with Crippen molar-refractivity contribution >= 4 is 49.9 Å². The summed E-state index contributed by atoms with van der Waals surface area (Å²) in [5.41, 5.74) is 0.871. The fourth-order valence-electron chi connectivity index (χ4n) is 3.78. The van der Waals surface area contributed by atoms with Crippen molar-refractivity contribution in [1.82, 2.24) is 0 Å². The summed E-state index contributed by atoms with van der Waals surface area (Å²) in [5.74, 6) is -0.629. The molecule has 0 N–H and O–H groups in total. The van der Waals surface area contributed by atoms with Crippen molar-refractivity contribution in [3.63, 3.8) is 0 Å². The van der Waals surface area contributed by atoms with Crippen molar-refractivity contribution in [2.24, 2.45) is 5.16 Å². The highest BCUT2D eigenvalue weighted by molar-refractivity contribution is 9.10. The van der Waals surface area contributed by atoms with E-state index in [2.05, 4.69) is 21.1 Å². The van der Waals surface area contributed by atoms with Gasteiger partial charge in [-0.1, -0.05) is 63.6 Å². The Bertz CT molecular complexity index is 1160. The lowest BCUT2D eigenvalue weighted by atomic mass is 9.92. The molecule has 0 aliphatic carbocycles. The number of fused-ring (bicyclic) bond motifs is 1. The van der Waals surface area contributed by atoms with Crippen molar-refractivity contribution in [2.75, 3.05) is 4.90 Å². The van der Waals surface area contributed by atoms with Gasteiger partial charge >= 0.3 is 0 Å². The van der Waals surface area contributed by atoms with Crippen LogP contribution in [-0.2, 0) is 14.4 Å². The Morgan fingerprint density at radius 3 is 2.46 bits per heavy atom. The molecule has 0 bridgehead atoms. The van der Waals surface area contributed by atoms with Gasteiger partial charge in [0.15, 0.2) is 0 Å². The minimum absolute atomic E-state index is 0.0117. The van der Waals surface area contributed by atoms with E-state index in [9.17, 15) is 9.59 Å². The van der Waals surface area contributed by atoms with Gasteiger partial charge in [0.2, 0.25) is 11.5 Å². The second-order valence-corrected chi connectivity index (χ2v) is 7.97. The van der Waals surface area contributed by atoms with Crippen molar-refractivity contribution in [1.29, 1.82) is 0 Å². The van der Waals surface area contributed by atoms with Crippen LogP contribution in [0.25, 0.3) is 10.8 Å². The maximum absolute atomic E-state index is 13.2. The molecule has 1 spiro atoms. The molecule has 1 fully saturated rings. The summed E-state index contributed by atoms with van der Waals surface area (Å²) < 4.78 is 0.958. The van der Waals surface area contributed by atoms with Crippen LogP contribution in [0.4, 0.5) is 5.69 Å². The van der Waals surface area contributed by atoms with Gasteiger partial charge in [0, 0.05) is 10.9 Å². The van der Waals surface area contributed by atoms with Crippen molar-refractivity contribution in [3.8, 4) is 0 Å². The van der Waals surface area contributed by atoms with Gasteiger partial charge in [-0.3, -0.25) is 9.59 Å². The van der Waals surface area contributed by atoms with E-state index in [-0.39, 0.29) is 24.7 Å². The predicted molar refractivity (Wildman–Crippen MR) is 110 cm³/mol. The molecule has 2 aliphatic rings. The van der Waals surface area contributed by atoms with Crippen molar-refractivity contribution < 1.29 is 14.4 Å². The molecule has 0 saturated carbocycles. The standard InChI is InChI=1S/C22H15BrN2O3/c23-17-8-5-15(6-9-17)19-12-22(28-24-19)13-20(26)25(21(22)27)18-10-7-14-3-1-2-4-16(14)11-18/h1-11H,12-13H2/t22-/m0/s1. The Morgan fingerprint density at radius 2 is 1.68 bits per heavy atom. The van der Waals surface area contributed by atoms with Crippen LogP contribution in [0.3, 0.4) is 0 Å². The maximum atomic E-state index is 13.2. The van der Waals surface area contributed by atoms with Gasteiger partial charge in [-0.2, -0.15) is 0 Å². The fraction of sp³-hybridized carbons (Fsp3) is 0.136. The number of oxime groups is 1. The lowest BCUT2D eigenvalue weighted by Gasteiger charge is -2.19. The van der Waals surface area contributed by atoms with E-state index in [1.165, 1.54) is 4.90 Å². The lowest BCUT2D eigenvalue weighted by Crippen LogP contribution is -2.40. The Labute approximate surface area is 169 Å².